The van der Waals surface area contributed by atoms with Gasteiger partial charge >= 0.3 is 0 Å². The fourth-order valence-electron chi connectivity index (χ4n) is 1.44. The van der Waals surface area contributed by atoms with Crippen molar-refractivity contribution in [1.82, 2.24) is 0 Å². The molecule has 2 nitrogen and oxygen atoms in total. The third kappa shape index (κ3) is 1.17. The van der Waals surface area contributed by atoms with Crippen LogP contribution in [0, 0.1) is 0 Å². The molecule has 0 saturated carbocycles. The van der Waals surface area contributed by atoms with Crippen LogP contribution in [-0.2, 0) is 13.0 Å². The van der Waals surface area contributed by atoms with Crippen LogP contribution in [-0.4, -0.2) is 6.61 Å². The van der Waals surface area contributed by atoms with Crippen LogP contribution in [0.4, 0.5) is 0 Å². The van der Waals surface area contributed by atoms with Gasteiger partial charge in [0.2, 0.25) is 0 Å². The number of ether oxygens (including phenoxy) is 1. The first kappa shape index (κ1) is 7.90. The van der Waals surface area contributed by atoms with Gasteiger partial charge in [0.05, 0.1) is 11.6 Å². The van der Waals surface area contributed by atoms with Crippen LogP contribution in [0.25, 0.3) is 0 Å². The SMILES string of the molecule is NCc1cc(Cl)c2c(c1)CCO2. The van der Waals surface area contributed by atoms with E-state index in [-0.39, 0.29) is 0 Å². The molecular formula is C9H10ClNO. The predicted molar refractivity (Wildman–Crippen MR) is 48.5 cm³/mol. The van der Waals surface area contributed by atoms with Gasteiger partial charge in [-0.1, -0.05) is 17.7 Å². The van der Waals surface area contributed by atoms with Crippen LogP contribution in [0.3, 0.4) is 0 Å². The lowest BCUT2D eigenvalue weighted by atomic mass is 10.1. The Morgan fingerprint density at radius 1 is 1.50 bits per heavy atom. The highest BCUT2D eigenvalue weighted by atomic mass is 35.5. The minimum Gasteiger partial charge on any atom is -0.491 e. The zero-order valence-corrected chi connectivity index (χ0v) is 7.40. The Labute approximate surface area is 76.3 Å². The van der Waals surface area contributed by atoms with Gasteiger partial charge in [-0.25, -0.2) is 0 Å². The van der Waals surface area contributed by atoms with E-state index in [1.54, 1.807) is 0 Å². The van der Waals surface area contributed by atoms with E-state index in [0.717, 1.165) is 24.3 Å². The summed E-state index contributed by atoms with van der Waals surface area (Å²) in [6.07, 6.45) is 0.947. The standard InChI is InChI=1S/C9H10ClNO/c10-8-4-6(5-11)3-7-1-2-12-9(7)8/h3-4H,1-2,5,11H2. The van der Waals surface area contributed by atoms with Gasteiger partial charge in [0.1, 0.15) is 5.75 Å². The highest BCUT2D eigenvalue weighted by Gasteiger charge is 2.15. The highest BCUT2D eigenvalue weighted by Crippen LogP contribution is 2.34. The quantitative estimate of drug-likeness (QED) is 0.720. The van der Waals surface area contributed by atoms with Crippen LogP contribution in [0.1, 0.15) is 11.1 Å². The van der Waals surface area contributed by atoms with Crippen LogP contribution in [0.5, 0.6) is 5.75 Å². The van der Waals surface area contributed by atoms with Gasteiger partial charge in [-0.3, -0.25) is 0 Å². The molecular weight excluding hydrogens is 174 g/mol. The fourth-order valence-corrected chi connectivity index (χ4v) is 1.76. The molecule has 1 aliphatic rings. The van der Waals surface area contributed by atoms with Gasteiger partial charge in [-0.2, -0.15) is 0 Å². The Morgan fingerprint density at radius 2 is 2.33 bits per heavy atom. The van der Waals surface area contributed by atoms with Crippen molar-refractivity contribution < 1.29 is 4.74 Å². The van der Waals surface area contributed by atoms with Gasteiger partial charge in [-0.05, 0) is 17.2 Å². The molecule has 1 heterocycles. The van der Waals surface area contributed by atoms with Gasteiger partial charge in [-0.15, -0.1) is 0 Å². The molecule has 0 unspecified atom stereocenters. The van der Waals surface area contributed by atoms with E-state index in [4.69, 9.17) is 22.1 Å². The molecule has 2 rings (SSSR count). The Morgan fingerprint density at radius 3 is 3.08 bits per heavy atom. The first-order valence-electron chi connectivity index (χ1n) is 3.95. The van der Waals surface area contributed by atoms with Crippen LogP contribution in [0.2, 0.25) is 5.02 Å². The van der Waals surface area contributed by atoms with E-state index in [1.807, 2.05) is 6.07 Å². The summed E-state index contributed by atoms with van der Waals surface area (Å²) in [5, 5.41) is 0.686. The zero-order chi connectivity index (χ0) is 8.55. The number of rotatable bonds is 1. The molecule has 1 aliphatic heterocycles. The third-order valence-corrected chi connectivity index (χ3v) is 2.31. The zero-order valence-electron chi connectivity index (χ0n) is 6.64. The molecule has 0 spiro atoms. The predicted octanol–water partition coefficient (Wildman–Crippen LogP) is 1.73. The minimum atomic E-state index is 0.535. The smallest absolute Gasteiger partial charge is 0.141 e. The van der Waals surface area contributed by atoms with Crippen molar-refractivity contribution >= 4 is 11.6 Å². The molecule has 1 aromatic rings. The van der Waals surface area contributed by atoms with Crippen LogP contribution in [0.15, 0.2) is 12.1 Å². The summed E-state index contributed by atoms with van der Waals surface area (Å²) in [6.45, 7) is 1.27. The summed E-state index contributed by atoms with van der Waals surface area (Å²) < 4.78 is 5.36. The molecule has 64 valence electrons. The molecule has 0 amide bonds. The van der Waals surface area contributed by atoms with E-state index in [9.17, 15) is 0 Å². The van der Waals surface area contributed by atoms with E-state index in [0.29, 0.717) is 11.6 Å². The summed E-state index contributed by atoms with van der Waals surface area (Å²) >= 11 is 5.97. The number of benzene rings is 1. The Kier molecular flexibility index (Phi) is 1.95. The second-order valence-corrected chi connectivity index (χ2v) is 3.28. The molecule has 0 aliphatic carbocycles. The average molecular weight is 184 g/mol. The van der Waals surface area contributed by atoms with Gasteiger partial charge in [0.25, 0.3) is 0 Å². The van der Waals surface area contributed by atoms with Crippen molar-refractivity contribution in [2.24, 2.45) is 5.73 Å². The van der Waals surface area contributed by atoms with E-state index >= 15 is 0 Å². The van der Waals surface area contributed by atoms with E-state index in [2.05, 4.69) is 6.07 Å². The maximum Gasteiger partial charge on any atom is 0.141 e. The molecule has 1 aromatic carbocycles. The van der Waals surface area contributed by atoms with Crippen molar-refractivity contribution in [3.63, 3.8) is 0 Å². The van der Waals surface area contributed by atoms with Crippen molar-refractivity contribution in [2.45, 2.75) is 13.0 Å². The summed E-state index contributed by atoms with van der Waals surface area (Å²) in [7, 11) is 0. The van der Waals surface area contributed by atoms with E-state index in [1.165, 1.54) is 5.56 Å². The Bertz CT molecular complexity index is 312. The summed E-state index contributed by atoms with van der Waals surface area (Å²) in [4.78, 5) is 0. The van der Waals surface area contributed by atoms with Crippen molar-refractivity contribution in [3.8, 4) is 5.75 Å². The second kappa shape index (κ2) is 2.96. The first-order valence-corrected chi connectivity index (χ1v) is 4.33. The van der Waals surface area contributed by atoms with Gasteiger partial charge in [0.15, 0.2) is 0 Å². The molecule has 0 atom stereocenters. The minimum absolute atomic E-state index is 0.535. The largest absolute Gasteiger partial charge is 0.491 e. The Hall–Kier alpha value is -0.730. The molecule has 0 radical (unpaired) electrons. The molecule has 0 saturated heterocycles. The monoisotopic (exact) mass is 183 g/mol. The number of hydrogen-bond donors (Lipinski definition) is 1. The third-order valence-electron chi connectivity index (χ3n) is 2.03. The van der Waals surface area contributed by atoms with E-state index < -0.39 is 0 Å². The molecule has 0 fully saturated rings. The van der Waals surface area contributed by atoms with Crippen LogP contribution >= 0.6 is 11.6 Å². The number of hydrogen-bond acceptors (Lipinski definition) is 2. The number of nitrogens with two attached hydrogens (primary N) is 1. The highest BCUT2D eigenvalue weighted by molar-refractivity contribution is 6.32. The summed E-state index contributed by atoms with van der Waals surface area (Å²) in [5.74, 6) is 0.842. The Balaban J connectivity index is 2.51. The lowest BCUT2D eigenvalue weighted by Crippen LogP contribution is -1.96. The van der Waals surface area contributed by atoms with Crippen molar-refractivity contribution in [2.75, 3.05) is 6.61 Å². The van der Waals surface area contributed by atoms with Crippen molar-refractivity contribution in [3.05, 3.63) is 28.3 Å². The van der Waals surface area contributed by atoms with Gasteiger partial charge < -0.3 is 10.5 Å². The normalized spacial score (nSPS) is 14.2. The molecule has 0 aromatic heterocycles. The van der Waals surface area contributed by atoms with Crippen LogP contribution < -0.4 is 10.5 Å². The lowest BCUT2D eigenvalue weighted by molar-refractivity contribution is 0.357. The molecule has 3 heteroatoms. The second-order valence-electron chi connectivity index (χ2n) is 2.87. The fraction of sp³-hybridized carbons (Fsp3) is 0.333. The molecule has 0 bridgehead atoms. The number of fused-ring (bicyclic) bond motifs is 1. The molecule has 12 heavy (non-hydrogen) atoms. The molecule has 2 N–H and O–H groups in total. The maximum absolute atomic E-state index is 5.97. The van der Waals surface area contributed by atoms with Gasteiger partial charge in [0, 0.05) is 13.0 Å². The summed E-state index contributed by atoms with van der Waals surface area (Å²) in [6, 6.07) is 3.93. The first-order chi connectivity index (χ1) is 5.81. The average Bonchev–Trinajstić information content (AvgIpc) is 2.52. The topological polar surface area (TPSA) is 35.2 Å². The lowest BCUT2D eigenvalue weighted by Gasteiger charge is -2.03. The van der Waals surface area contributed by atoms with Crippen molar-refractivity contribution in [1.29, 1.82) is 0 Å². The number of halogens is 1. The maximum atomic E-state index is 5.97. The summed E-state index contributed by atoms with van der Waals surface area (Å²) in [5.41, 5.74) is 7.77.